The van der Waals surface area contributed by atoms with Gasteiger partial charge in [0.05, 0.1) is 0 Å². The Morgan fingerprint density at radius 1 is 0.643 bits per heavy atom. The van der Waals surface area contributed by atoms with Gasteiger partial charge in [0.15, 0.2) is 0 Å². The van der Waals surface area contributed by atoms with Crippen LogP contribution in [0.4, 0.5) is 11.4 Å². The third-order valence-corrected chi connectivity index (χ3v) is 4.80. The molecule has 0 saturated carbocycles. The molecule has 2 aromatic carbocycles. The predicted octanol–water partition coefficient (Wildman–Crippen LogP) is 3.40. The summed E-state index contributed by atoms with van der Waals surface area (Å²) in [4.78, 5) is 4.60. The van der Waals surface area contributed by atoms with Gasteiger partial charge in [0, 0.05) is 48.7 Å². The minimum atomic E-state index is -0.0583. The van der Waals surface area contributed by atoms with Crippen molar-refractivity contribution in [2.75, 3.05) is 36.0 Å². The lowest BCUT2D eigenvalue weighted by Crippen LogP contribution is -2.22. The summed E-state index contributed by atoms with van der Waals surface area (Å²) in [5.41, 5.74) is 16.1. The molecule has 0 unspecified atom stereocenters. The van der Waals surface area contributed by atoms with Gasteiger partial charge in [-0.05, 0) is 52.0 Å². The molecule has 0 aromatic heterocycles. The Hall–Kier alpha value is -3.02. The first-order chi connectivity index (χ1) is 13.5. The van der Waals surface area contributed by atoms with Crippen LogP contribution >= 0.6 is 0 Å². The Labute approximate surface area is 168 Å². The van der Waals surface area contributed by atoms with Gasteiger partial charge >= 0.3 is 0 Å². The molecule has 0 saturated heterocycles. The number of hydrogen-bond acceptors (Lipinski definition) is 4. The molecule has 0 heterocycles. The Morgan fingerprint density at radius 3 is 1.29 bits per heavy atom. The van der Waals surface area contributed by atoms with Crippen molar-refractivity contribution in [2.45, 2.75) is 27.7 Å². The zero-order chi connectivity index (χ0) is 20.5. The van der Waals surface area contributed by atoms with Crippen molar-refractivity contribution in [3.63, 3.8) is 0 Å². The van der Waals surface area contributed by atoms with E-state index in [0.717, 1.165) is 43.0 Å². The van der Waals surface area contributed by atoms with Gasteiger partial charge in [-0.3, -0.25) is 0 Å². The second-order valence-electron chi connectivity index (χ2n) is 6.41. The highest BCUT2D eigenvalue weighted by atomic mass is 15.3. The van der Waals surface area contributed by atoms with Crippen molar-refractivity contribution >= 4 is 23.0 Å². The monoisotopic (exact) mass is 380 g/mol. The zero-order valence-electron chi connectivity index (χ0n) is 17.4. The van der Waals surface area contributed by atoms with Crippen LogP contribution in [-0.4, -0.2) is 37.9 Å². The van der Waals surface area contributed by atoms with Crippen molar-refractivity contribution in [3.8, 4) is 0 Å². The van der Waals surface area contributed by atoms with Gasteiger partial charge in [0.1, 0.15) is 5.71 Å². The first-order valence-electron chi connectivity index (χ1n) is 9.91. The molecule has 0 bridgehead atoms. The smallest absolute Gasteiger partial charge is 0.211 e. The molecular formula is C22H32N6. The summed E-state index contributed by atoms with van der Waals surface area (Å²) >= 11 is 0. The number of hydrogen-bond donors (Lipinski definition) is 2. The molecule has 0 atom stereocenters. The Morgan fingerprint density at radius 2 is 1.00 bits per heavy atom. The average Bonchev–Trinajstić information content (AvgIpc) is 2.72. The van der Waals surface area contributed by atoms with Gasteiger partial charge in [-0.1, -0.05) is 24.3 Å². The average molecular weight is 381 g/mol. The van der Waals surface area contributed by atoms with E-state index in [2.05, 4.69) is 96.2 Å². The van der Waals surface area contributed by atoms with Crippen LogP contribution in [0, 0.1) is 0 Å². The minimum Gasteiger partial charge on any atom is -0.372 e. The van der Waals surface area contributed by atoms with Gasteiger partial charge in [0.2, 0.25) is 5.96 Å². The van der Waals surface area contributed by atoms with Crippen LogP contribution in [-0.2, 0) is 0 Å². The highest BCUT2D eigenvalue weighted by molar-refractivity contribution is 6.13. The molecule has 0 fully saturated rings. The maximum Gasteiger partial charge on any atom is 0.211 e. The van der Waals surface area contributed by atoms with Crippen LogP contribution in [0.5, 0.6) is 0 Å². The third kappa shape index (κ3) is 5.25. The van der Waals surface area contributed by atoms with Crippen LogP contribution in [0.1, 0.15) is 38.8 Å². The zero-order valence-corrected chi connectivity index (χ0v) is 17.4. The summed E-state index contributed by atoms with van der Waals surface area (Å²) in [7, 11) is 0. The molecule has 0 aliphatic carbocycles. The van der Waals surface area contributed by atoms with Crippen molar-refractivity contribution < 1.29 is 0 Å². The number of anilines is 2. The Bertz CT molecular complexity index is 723. The topological polar surface area (TPSA) is 83.2 Å². The fraction of sp³-hybridized carbons (Fsp3) is 0.364. The lowest BCUT2D eigenvalue weighted by Gasteiger charge is -2.22. The molecule has 0 aliphatic rings. The van der Waals surface area contributed by atoms with Gasteiger partial charge < -0.3 is 21.3 Å². The van der Waals surface area contributed by atoms with Crippen molar-refractivity contribution in [2.24, 2.45) is 21.7 Å². The maximum atomic E-state index is 5.50. The first kappa shape index (κ1) is 21.3. The second kappa shape index (κ2) is 10.3. The van der Waals surface area contributed by atoms with Gasteiger partial charge in [-0.2, -0.15) is 0 Å². The van der Waals surface area contributed by atoms with E-state index in [0.29, 0.717) is 0 Å². The van der Waals surface area contributed by atoms with Gasteiger partial charge in [-0.25, -0.2) is 0 Å². The summed E-state index contributed by atoms with van der Waals surface area (Å²) in [6, 6.07) is 16.7. The minimum absolute atomic E-state index is 0.0583. The molecule has 0 amide bonds. The van der Waals surface area contributed by atoms with Crippen molar-refractivity contribution in [1.29, 1.82) is 0 Å². The molecule has 0 aliphatic heterocycles. The van der Waals surface area contributed by atoms with Crippen LogP contribution in [0.2, 0.25) is 0 Å². The molecule has 2 aromatic rings. The van der Waals surface area contributed by atoms with E-state index in [1.54, 1.807) is 0 Å². The molecule has 6 heteroatoms. The fourth-order valence-electron chi connectivity index (χ4n) is 3.23. The van der Waals surface area contributed by atoms with Crippen molar-refractivity contribution in [3.05, 3.63) is 59.7 Å². The summed E-state index contributed by atoms with van der Waals surface area (Å²) in [6.45, 7) is 12.5. The third-order valence-electron chi connectivity index (χ3n) is 4.80. The van der Waals surface area contributed by atoms with E-state index < -0.39 is 0 Å². The SMILES string of the molecule is CCN(CC)c1ccc(C(=NN=C(N)N)c2ccc(N(CC)CC)cc2)cc1. The summed E-state index contributed by atoms with van der Waals surface area (Å²) in [5, 5.41) is 8.22. The first-order valence-corrected chi connectivity index (χ1v) is 9.91. The normalized spacial score (nSPS) is 10.3. The molecule has 6 nitrogen and oxygen atoms in total. The number of nitrogens with zero attached hydrogens (tertiary/aromatic N) is 4. The fourth-order valence-corrected chi connectivity index (χ4v) is 3.23. The van der Waals surface area contributed by atoms with Crippen LogP contribution in [0.25, 0.3) is 0 Å². The number of nitrogens with two attached hydrogens (primary N) is 2. The Kier molecular flexibility index (Phi) is 7.87. The van der Waals surface area contributed by atoms with Gasteiger partial charge in [-0.15, -0.1) is 10.2 Å². The Balaban J connectivity index is 2.41. The maximum absolute atomic E-state index is 5.50. The van der Waals surface area contributed by atoms with Crippen molar-refractivity contribution in [1.82, 2.24) is 0 Å². The van der Waals surface area contributed by atoms with E-state index in [4.69, 9.17) is 11.5 Å². The predicted molar refractivity (Wildman–Crippen MR) is 121 cm³/mol. The van der Waals surface area contributed by atoms with Crippen LogP contribution in [0.15, 0.2) is 58.7 Å². The summed E-state index contributed by atoms with van der Waals surface area (Å²) < 4.78 is 0. The number of rotatable bonds is 9. The van der Waals surface area contributed by atoms with E-state index in [9.17, 15) is 0 Å². The highest BCUT2D eigenvalue weighted by Gasteiger charge is 2.10. The molecule has 150 valence electrons. The van der Waals surface area contributed by atoms with Crippen LogP contribution < -0.4 is 21.3 Å². The standard InChI is InChI=1S/C22H32N6/c1-5-27(6-2)19-13-9-17(10-14-19)21(25-26-22(23)24)18-11-15-20(16-12-18)28(7-3)8-4/h9-16H,5-8H2,1-4H3,(H4,23,24,26). The lowest BCUT2D eigenvalue weighted by atomic mass is 10.0. The summed E-state index contributed by atoms with van der Waals surface area (Å²) in [6.07, 6.45) is 0. The van der Waals surface area contributed by atoms with E-state index >= 15 is 0 Å². The number of benzene rings is 2. The molecule has 2 rings (SSSR count). The largest absolute Gasteiger partial charge is 0.372 e. The summed E-state index contributed by atoms with van der Waals surface area (Å²) in [5.74, 6) is -0.0583. The van der Waals surface area contributed by atoms with Gasteiger partial charge in [0.25, 0.3) is 0 Å². The molecular weight excluding hydrogens is 348 g/mol. The molecule has 0 spiro atoms. The highest BCUT2D eigenvalue weighted by Crippen LogP contribution is 2.20. The molecule has 0 radical (unpaired) electrons. The quantitative estimate of drug-likeness (QED) is 0.397. The van der Waals surface area contributed by atoms with E-state index in [-0.39, 0.29) is 5.96 Å². The van der Waals surface area contributed by atoms with E-state index in [1.807, 2.05) is 0 Å². The molecule has 4 N–H and O–H groups in total. The number of guanidine groups is 1. The van der Waals surface area contributed by atoms with E-state index in [1.165, 1.54) is 11.4 Å². The lowest BCUT2D eigenvalue weighted by molar-refractivity contribution is 0.866. The second-order valence-corrected chi connectivity index (χ2v) is 6.41. The van der Waals surface area contributed by atoms with Crippen LogP contribution in [0.3, 0.4) is 0 Å². The molecule has 28 heavy (non-hydrogen) atoms.